The van der Waals surface area contributed by atoms with Crippen LogP contribution in [0.15, 0.2) is 62.5 Å². The Labute approximate surface area is 172 Å². The van der Waals surface area contributed by atoms with Gasteiger partial charge in [0.05, 0.1) is 11.8 Å². The fourth-order valence-corrected chi connectivity index (χ4v) is 2.76. The van der Waals surface area contributed by atoms with Gasteiger partial charge in [0.1, 0.15) is 28.9 Å². The van der Waals surface area contributed by atoms with Crippen molar-refractivity contribution in [2.24, 2.45) is 0 Å². The Balaban J connectivity index is 1.70. The molecule has 0 saturated heterocycles. The molecule has 4 N–H and O–H groups in total. The van der Waals surface area contributed by atoms with E-state index >= 15 is 0 Å². The molecule has 0 spiro atoms. The number of aromatic nitrogens is 3. The van der Waals surface area contributed by atoms with E-state index < -0.39 is 23.1 Å². The number of rotatable bonds is 6. The number of aromatic hydroxyl groups is 2. The highest BCUT2D eigenvalue weighted by Crippen LogP contribution is 2.22. The summed E-state index contributed by atoms with van der Waals surface area (Å²) in [5.41, 5.74) is -0.395. The van der Waals surface area contributed by atoms with E-state index in [-0.39, 0.29) is 29.2 Å². The zero-order valence-corrected chi connectivity index (χ0v) is 15.7. The van der Waals surface area contributed by atoms with Gasteiger partial charge >= 0.3 is 0 Å². The summed E-state index contributed by atoms with van der Waals surface area (Å²) in [5, 5.41) is 34.3. The molecular weight excluding hydrogens is 409 g/mol. The van der Waals surface area contributed by atoms with Gasteiger partial charge in [0.2, 0.25) is 17.0 Å². The van der Waals surface area contributed by atoms with E-state index in [1.54, 1.807) is 18.2 Å². The molecule has 0 atom stereocenters. The number of allylic oxidation sites excluding steroid dienone is 1. The maximum atomic E-state index is 13.9. The van der Waals surface area contributed by atoms with Gasteiger partial charge in [-0.25, -0.2) is 4.39 Å². The molecule has 11 heteroatoms. The van der Waals surface area contributed by atoms with Gasteiger partial charge in [0.15, 0.2) is 5.82 Å². The van der Waals surface area contributed by atoms with Gasteiger partial charge in [0, 0.05) is 18.2 Å². The molecule has 3 aromatic heterocycles. The predicted octanol–water partition coefficient (Wildman–Crippen LogP) is 2.32. The van der Waals surface area contributed by atoms with Crippen molar-refractivity contribution in [1.29, 1.82) is 5.41 Å². The molecule has 0 aliphatic carbocycles. The van der Waals surface area contributed by atoms with E-state index in [4.69, 9.17) is 14.3 Å². The van der Waals surface area contributed by atoms with Crippen LogP contribution in [0.5, 0.6) is 11.8 Å². The van der Waals surface area contributed by atoms with Crippen LogP contribution in [0.2, 0.25) is 0 Å². The van der Waals surface area contributed by atoms with Crippen molar-refractivity contribution in [3.8, 4) is 11.8 Å². The maximum absolute atomic E-state index is 13.9. The summed E-state index contributed by atoms with van der Waals surface area (Å²) in [6.07, 6.45) is 2.62. The average molecular weight is 423 g/mol. The molecule has 0 radical (unpaired) electrons. The minimum absolute atomic E-state index is 0.0885. The second kappa shape index (κ2) is 8.06. The molecule has 1 aromatic carbocycles. The molecule has 31 heavy (non-hydrogen) atoms. The number of nitrogens with zero attached hydrogens (tertiary/aromatic N) is 3. The van der Waals surface area contributed by atoms with Crippen molar-refractivity contribution in [3.63, 3.8) is 0 Å². The third-order valence-electron chi connectivity index (χ3n) is 4.23. The predicted molar refractivity (Wildman–Crippen MR) is 106 cm³/mol. The molecule has 4 aromatic rings. The van der Waals surface area contributed by atoms with E-state index in [2.05, 4.69) is 20.4 Å². The van der Waals surface area contributed by atoms with Crippen LogP contribution in [0.3, 0.4) is 0 Å². The fourth-order valence-electron chi connectivity index (χ4n) is 2.76. The quantitative estimate of drug-likeness (QED) is 0.341. The highest BCUT2D eigenvalue weighted by molar-refractivity contribution is 6.08. The van der Waals surface area contributed by atoms with E-state index in [0.717, 1.165) is 6.07 Å². The maximum Gasteiger partial charge on any atom is 0.287 e. The Bertz CT molecular complexity index is 1360. The third-order valence-corrected chi connectivity index (χ3v) is 4.23. The zero-order chi connectivity index (χ0) is 22.0. The first-order chi connectivity index (χ1) is 14.9. The highest BCUT2D eigenvalue weighted by Gasteiger charge is 2.17. The fraction of sp³-hybridized carbons (Fsp3) is 0.0500. The first kappa shape index (κ1) is 19.8. The molecule has 3 heterocycles. The Morgan fingerprint density at radius 1 is 1.23 bits per heavy atom. The molecule has 4 rings (SSSR count). The molecule has 0 aliphatic rings. The second-order valence-corrected chi connectivity index (χ2v) is 6.30. The van der Waals surface area contributed by atoms with Gasteiger partial charge < -0.3 is 24.5 Å². The number of hydrogen-bond donors (Lipinski definition) is 4. The van der Waals surface area contributed by atoms with Crippen LogP contribution in [-0.2, 0) is 6.54 Å². The average Bonchev–Trinajstić information content (AvgIpc) is 3.26. The van der Waals surface area contributed by atoms with E-state index in [9.17, 15) is 19.4 Å². The lowest BCUT2D eigenvalue weighted by Gasteiger charge is -2.10. The van der Waals surface area contributed by atoms with Crippen LogP contribution in [0.4, 0.5) is 4.39 Å². The van der Waals surface area contributed by atoms with Crippen molar-refractivity contribution in [2.45, 2.75) is 6.54 Å². The van der Waals surface area contributed by atoms with Crippen LogP contribution >= 0.6 is 0 Å². The monoisotopic (exact) mass is 423 g/mol. The molecule has 10 nitrogen and oxygen atoms in total. The van der Waals surface area contributed by atoms with Crippen LogP contribution < -0.4 is 10.7 Å². The topological polar surface area (TPSA) is 158 Å². The third kappa shape index (κ3) is 4.10. The number of fused-ring (bicyclic) bond motifs is 1. The molecule has 0 amide bonds. The molecule has 156 valence electrons. The Hall–Kier alpha value is -4.54. The molecular formula is C20H14FN5O5. The van der Waals surface area contributed by atoms with Crippen LogP contribution in [0, 0.1) is 11.2 Å². The number of halogens is 1. The van der Waals surface area contributed by atoms with Gasteiger partial charge in [-0.15, -0.1) is 0 Å². The summed E-state index contributed by atoms with van der Waals surface area (Å²) in [5.74, 6) is -2.08. The van der Waals surface area contributed by atoms with Crippen molar-refractivity contribution in [1.82, 2.24) is 20.4 Å². The minimum atomic E-state index is -0.736. The lowest BCUT2D eigenvalue weighted by molar-refractivity contribution is 0.335. The van der Waals surface area contributed by atoms with Crippen LogP contribution in [-0.4, -0.2) is 31.0 Å². The number of hydrogen-bond acceptors (Lipinski definition) is 10. The van der Waals surface area contributed by atoms with Gasteiger partial charge in [-0.2, -0.15) is 9.97 Å². The van der Waals surface area contributed by atoms with E-state index in [1.165, 1.54) is 24.5 Å². The standard InChI is InChI=1S/C20H14FN5O5/c21-11-4-2-1-3-10(11)9-23-14(13-5-6-30-26-13)7-12(22)18-24-19(29)17-15(27)8-16(28)31-20(17)25-18/h1-8,22-23,28H,9H2,(H,24,25,29)/b14-7-,22-12?. The van der Waals surface area contributed by atoms with Crippen molar-refractivity contribution in [3.05, 3.63) is 81.9 Å². The van der Waals surface area contributed by atoms with Crippen molar-refractivity contribution < 1.29 is 23.5 Å². The molecule has 0 saturated carbocycles. The summed E-state index contributed by atoms with van der Waals surface area (Å²) in [4.78, 5) is 19.6. The number of nitrogens with one attached hydrogen (secondary N) is 2. The first-order valence-corrected chi connectivity index (χ1v) is 8.85. The van der Waals surface area contributed by atoms with Crippen molar-refractivity contribution in [2.75, 3.05) is 0 Å². The van der Waals surface area contributed by atoms with Crippen LogP contribution in [0.25, 0.3) is 16.8 Å². The molecule has 0 bridgehead atoms. The Kier molecular flexibility index (Phi) is 5.14. The molecule has 0 aliphatic heterocycles. The van der Waals surface area contributed by atoms with Gasteiger partial charge in [-0.1, -0.05) is 23.4 Å². The Morgan fingerprint density at radius 3 is 2.77 bits per heavy atom. The lowest BCUT2D eigenvalue weighted by Crippen LogP contribution is -2.15. The summed E-state index contributed by atoms with van der Waals surface area (Å²) < 4.78 is 23.7. The number of benzene rings is 1. The minimum Gasteiger partial charge on any atom is -0.493 e. The first-order valence-electron chi connectivity index (χ1n) is 8.85. The SMILES string of the molecule is N=C(/C=C(\NCc1ccccc1F)c1ccon1)c1nc(O)c2c(=O)cc(O)oc2n1. The summed E-state index contributed by atoms with van der Waals surface area (Å²) in [6.45, 7) is 0.0885. The summed E-state index contributed by atoms with van der Waals surface area (Å²) in [7, 11) is 0. The van der Waals surface area contributed by atoms with Crippen LogP contribution in [0.1, 0.15) is 17.1 Å². The van der Waals surface area contributed by atoms with Gasteiger partial charge in [0.25, 0.3) is 5.95 Å². The summed E-state index contributed by atoms with van der Waals surface area (Å²) >= 11 is 0. The molecule has 0 unspecified atom stereocenters. The van der Waals surface area contributed by atoms with Gasteiger partial charge in [-0.3, -0.25) is 10.2 Å². The van der Waals surface area contributed by atoms with E-state index in [1.807, 2.05) is 0 Å². The second-order valence-electron chi connectivity index (χ2n) is 6.30. The van der Waals surface area contributed by atoms with Gasteiger partial charge in [-0.05, 0) is 12.1 Å². The smallest absolute Gasteiger partial charge is 0.287 e. The highest BCUT2D eigenvalue weighted by atomic mass is 19.1. The molecule has 0 fully saturated rings. The van der Waals surface area contributed by atoms with E-state index in [0.29, 0.717) is 17.0 Å². The Morgan fingerprint density at radius 2 is 2.03 bits per heavy atom. The zero-order valence-electron chi connectivity index (χ0n) is 15.7. The van der Waals surface area contributed by atoms with Crippen molar-refractivity contribution >= 4 is 22.5 Å². The largest absolute Gasteiger partial charge is 0.493 e. The summed E-state index contributed by atoms with van der Waals surface area (Å²) in [6, 6.07) is 8.49. The normalized spacial score (nSPS) is 11.6. The lowest BCUT2D eigenvalue weighted by atomic mass is 10.2.